The molecular weight excluding hydrogens is 286 g/mol. The monoisotopic (exact) mass is 307 g/mol. The second kappa shape index (κ2) is 5.50. The Morgan fingerprint density at radius 3 is 2.35 bits per heavy atom. The summed E-state index contributed by atoms with van der Waals surface area (Å²) in [6.45, 7) is 0.0618. The molecule has 1 saturated carbocycles. The van der Waals surface area contributed by atoms with E-state index in [-0.39, 0.29) is 29.9 Å². The van der Waals surface area contributed by atoms with Gasteiger partial charge in [0.1, 0.15) is 0 Å². The van der Waals surface area contributed by atoms with Crippen molar-refractivity contribution in [3.8, 4) is 0 Å². The second-order valence-corrected chi connectivity index (χ2v) is 6.69. The van der Waals surface area contributed by atoms with Gasteiger partial charge in [0.15, 0.2) is 0 Å². The fraction of sp³-hybridized carbons (Fsp3) is 0.350. The molecule has 23 heavy (non-hydrogen) atoms. The molecule has 2 aliphatic rings. The van der Waals surface area contributed by atoms with Gasteiger partial charge in [-0.3, -0.25) is 4.79 Å². The van der Waals surface area contributed by atoms with Gasteiger partial charge in [-0.05, 0) is 30.5 Å². The van der Waals surface area contributed by atoms with E-state index in [0.29, 0.717) is 0 Å². The molecule has 0 bridgehead atoms. The fourth-order valence-electron chi connectivity index (χ4n) is 4.60. The highest BCUT2D eigenvalue weighted by Crippen LogP contribution is 2.60. The number of carbonyl (C=O) groups is 1. The summed E-state index contributed by atoms with van der Waals surface area (Å²) in [6, 6.07) is 19.9. The van der Waals surface area contributed by atoms with Crippen molar-refractivity contribution in [3.05, 3.63) is 66.2 Å². The zero-order chi connectivity index (χ0) is 15.9. The molecule has 0 unspecified atom stereocenters. The molecule has 2 aromatic carbocycles. The number of carbonyl (C=O) groups excluding carboxylic acids is 1. The molecule has 0 spiro atoms. The highest BCUT2D eigenvalue weighted by Gasteiger charge is 2.61. The minimum absolute atomic E-state index is 0.0618. The Morgan fingerprint density at radius 2 is 1.70 bits per heavy atom. The molecule has 1 N–H and O–H groups in total. The highest BCUT2D eigenvalue weighted by atomic mass is 16.3. The van der Waals surface area contributed by atoms with Gasteiger partial charge in [0.2, 0.25) is 5.91 Å². The Morgan fingerprint density at radius 1 is 1.04 bits per heavy atom. The van der Waals surface area contributed by atoms with Crippen molar-refractivity contribution >= 4 is 11.6 Å². The molecular formula is C20H21NO2. The topological polar surface area (TPSA) is 40.5 Å². The SMILES string of the molecule is O=C1[C@@H]2CCC[C@]2(CO)[C@H](c2ccccc2)N1c1ccccc1. The third-order valence-electron chi connectivity index (χ3n) is 5.61. The summed E-state index contributed by atoms with van der Waals surface area (Å²) in [7, 11) is 0. The summed E-state index contributed by atoms with van der Waals surface area (Å²) in [6.07, 6.45) is 2.80. The summed E-state index contributed by atoms with van der Waals surface area (Å²) in [5, 5.41) is 10.3. The van der Waals surface area contributed by atoms with Gasteiger partial charge in [-0.25, -0.2) is 0 Å². The third-order valence-corrected chi connectivity index (χ3v) is 5.61. The molecule has 0 radical (unpaired) electrons. The molecule has 118 valence electrons. The van der Waals surface area contributed by atoms with Gasteiger partial charge in [0.05, 0.1) is 12.6 Å². The average Bonchev–Trinajstić information content (AvgIpc) is 3.14. The lowest BCUT2D eigenvalue weighted by molar-refractivity contribution is -0.122. The Balaban J connectivity index is 1.89. The molecule has 3 nitrogen and oxygen atoms in total. The van der Waals surface area contributed by atoms with Gasteiger partial charge in [-0.1, -0.05) is 55.0 Å². The van der Waals surface area contributed by atoms with E-state index in [9.17, 15) is 9.90 Å². The fourth-order valence-corrected chi connectivity index (χ4v) is 4.60. The van der Waals surface area contributed by atoms with Crippen molar-refractivity contribution in [2.45, 2.75) is 25.3 Å². The van der Waals surface area contributed by atoms with Crippen LogP contribution in [-0.4, -0.2) is 17.6 Å². The average molecular weight is 307 g/mol. The number of para-hydroxylation sites is 1. The van der Waals surface area contributed by atoms with Gasteiger partial charge < -0.3 is 10.0 Å². The number of benzene rings is 2. The maximum absolute atomic E-state index is 13.2. The minimum Gasteiger partial charge on any atom is -0.396 e. The van der Waals surface area contributed by atoms with E-state index < -0.39 is 0 Å². The zero-order valence-electron chi connectivity index (χ0n) is 13.1. The lowest BCUT2D eigenvalue weighted by atomic mass is 9.73. The normalized spacial score (nSPS) is 29.8. The van der Waals surface area contributed by atoms with Crippen LogP contribution >= 0.6 is 0 Å². The first-order valence-electron chi connectivity index (χ1n) is 8.32. The number of aliphatic hydroxyl groups excluding tert-OH is 1. The smallest absolute Gasteiger partial charge is 0.231 e. The molecule has 1 aliphatic carbocycles. The largest absolute Gasteiger partial charge is 0.396 e. The van der Waals surface area contributed by atoms with Gasteiger partial charge in [0, 0.05) is 17.0 Å². The molecule has 1 heterocycles. The number of amides is 1. The molecule has 3 atom stereocenters. The van der Waals surface area contributed by atoms with Crippen molar-refractivity contribution in [1.29, 1.82) is 0 Å². The van der Waals surface area contributed by atoms with Crippen LogP contribution in [0.3, 0.4) is 0 Å². The standard InChI is InChI=1S/C20H21NO2/c22-14-20-13-7-12-17(20)19(23)21(16-10-5-2-6-11-16)18(20)15-8-3-1-4-9-15/h1-6,8-11,17-18,22H,7,12-14H2/t17-,18-,20+/m0/s1. The Labute approximate surface area is 136 Å². The number of nitrogens with zero attached hydrogens (tertiary/aromatic N) is 1. The van der Waals surface area contributed by atoms with Gasteiger partial charge in [-0.15, -0.1) is 0 Å². The van der Waals surface area contributed by atoms with Crippen LogP contribution in [0.15, 0.2) is 60.7 Å². The lowest BCUT2D eigenvalue weighted by Crippen LogP contribution is -2.35. The van der Waals surface area contributed by atoms with Crippen molar-refractivity contribution in [1.82, 2.24) is 0 Å². The summed E-state index contributed by atoms with van der Waals surface area (Å²) in [5.41, 5.74) is 1.69. The summed E-state index contributed by atoms with van der Waals surface area (Å²) in [4.78, 5) is 15.1. The Hall–Kier alpha value is -2.13. The van der Waals surface area contributed by atoms with E-state index in [4.69, 9.17) is 0 Å². The first kappa shape index (κ1) is 14.5. The maximum atomic E-state index is 13.2. The molecule has 1 saturated heterocycles. The number of rotatable bonds is 3. The van der Waals surface area contributed by atoms with Crippen LogP contribution in [0, 0.1) is 11.3 Å². The number of hydrogen-bond donors (Lipinski definition) is 1. The van der Waals surface area contributed by atoms with Crippen LogP contribution in [0.1, 0.15) is 30.9 Å². The maximum Gasteiger partial charge on any atom is 0.231 e. The van der Waals surface area contributed by atoms with Gasteiger partial charge in [0.25, 0.3) is 0 Å². The number of anilines is 1. The first-order chi connectivity index (χ1) is 11.3. The second-order valence-electron chi connectivity index (χ2n) is 6.69. The third kappa shape index (κ3) is 2.03. The van der Waals surface area contributed by atoms with Crippen LogP contribution < -0.4 is 4.90 Å². The first-order valence-corrected chi connectivity index (χ1v) is 8.32. The van der Waals surface area contributed by atoms with Crippen molar-refractivity contribution in [2.24, 2.45) is 11.3 Å². The van der Waals surface area contributed by atoms with E-state index in [1.165, 1.54) is 0 Å². The van der Waals surface area contributed by atoms with E-state index in [1.54, 1.807) is 0 Å². The molecule has 2 aromatic rings. The van der Waals surface area contributed by atoms with E-state index in [0.717, 1.165) is 30.5 Å². The van der Waals surface area contributed by atoms with Crippen molar-refractivity contribution < 1.29 is 9.90 Å². The summed E-state index contributed by atoms with van der Waals surface area (Å²) in [5.74, 6) is 0.0921. The van der Waals surface area contributed by atoms with E-state index in [2.05, 4.69) is 12.1 Å². The Bertz CT molecular complexity index is 700. The van der Waals surface area contributed by atoms with Crippen LogP contribution in [0.2, 0.25) is 0 Å². The van der Waals surface area contributed by atoms with Crippen LogP contribution in [-0.2, 0) is 4.79 Å². The molecule has 3 heteroatoms. The van der Waals surface area contributed by atoms with Crippen molar-refractivity contribution in [3.63, 3.8) is 0 Å². The molecule has 4 rings (SSSR count). The van der Waals surface area contributed by atoms with E-state index >= 15 is 0 Å². The Kier molecular flexibility index (Phi) is 3.46. The van der Waals surface area contributed by atoms with E-state index in [1.807, 2.05) is 53.4 Å². The molecule has 2 fully saturated rings. The predicted molar refractivity (Wildman–Crippen MR) is 90.0 cm³/mol. The lowest BCUT2D eigenvalue weighted by Gasteiger charge is -2.36. The van der Waals surface area contributed by atoms with Crippen LogP contribution in [0.25, 0.3) is 0 Å². The molecule has 0 aromatic heterocycles. The number of hydrogen-bond acceptors (Lipinski definition) is 2. The van der Waals surface area contributed by atoms with Gasteiger partial charge >= 0.3 is 0 Å². The number of aliphatic hydroxyl groups is 1. The predicted octanol–water partition coefficient (Wildman–Crippen LogP) is 3.55. The van der Waals surface area contributed by atoms with Crippen molar-refractivity contribution in [2.75, 3.05) is 11.5 Å². The van der Waals surface area contributed by atoms with Crippen LogP contribution in [0.5, 0.6) is 0 Å². The molecule has 1 amide bonds. The molecule has 1 aliphatic heterocycles. The quantitative estimate of drug-likeness (QED) is 0.942. The highest BCUT2D eigenvalue weighted by molar-refractivity contribution is 5.99. The summed E-state index contributed by atoms with van der Waals surface area (Å²) >= 11 is 0. The number of fused-ring (bicyclic) bond motifs is 1. The van der Waals surface area contributed by atoms with Gasteiger partial charge in [-0.2, -0.15) is 0 Å². The summed E-state index contributed by atoms with van der Waals surface area (Å²) < 4.78 is 0. The minimum atomic E-state index is -0.353. The van der Waals surface area contributed by atoms with Crippen LogP contribution in [0.4, 0.5) is 5.69 Å². The zero-order valence-corrected chi connectivity index (χ0v) is 13.1.